The minimum atomic E-state index is 0.240. The van der Waals surface area contributed by atoms with Gasteiger partial charge in [-0.25, -0.2) is 5.48 Å². The normalized spacial score (nSPS) is 28.3. The molecule has 54 valence electrons. The molecule has 1 unspecified atom stereocenters. The predicted octanol–water partition coefficient (Wildman–Crippen LogP) is 0.237. The Labute approximate surface area is 55.7 Å². The molecule has 2 N–H and O–H groups in total. The molecule has 0 bridgehead atoms. The monoisotopic (exact) mass is 130 g/mol. The fourth-order valence-corrected chi connectivity index (χ4v) is 1.06. The maximum absolute atomic E-state index is 5.12. The van der Waals surface area contributed by atoms with Crippen molar-refractivity contribution in [2.24, 2.45) is 0 Å². The fraction of sp³-hybridized carbons (Fsp3) is 1.00. The van der Waals surface area contributed by atoms with E-state index in [9.17, 15) is 0 Å². The van der Waals surface area contributed by atoms with Crippen LogP contribution in [0.4, 0.5) is 0 Å². The minimum Gasteiger partial charge on any atom is -0.290 e. The molecule has 3 nitrogen and oxygen atoms in total. The topological polar surface area (TPSA) is 33.3 Å². The lowest BCUT2D eigenvalue weighted by Gasteiger charge is -2.22. The lowest BCUT2D eigenvalue weighted by Crippen LogP contribution is -2.38. The van der Waals surface area contributed by atoms with Crippen molar-refractivity contribution in [1.29, 1.82) is 0 Å². The van der Waals surface area contributed by atoms with Gasteiger partial charge in [-0.1, -0.05) is 0 Å². The third-order valence-corrected chi connectivity index (χ3v) is 1.53. The molecule has 1 heterocycles. The molecule has 3 heteroatoms. The molecule has 1 aliphatic rings. The molecule has 1 rings (SSSR count). The average molecular weight is 130 g/mol. The van der Waals surface area contributed by atoms with Crippen LogP contribution in [0.2, 0.25) is 0 Å². The predicted molar refractivity (Wildman–Crippen MR) is 35.8 cm³/mol. The van der Waals surface area contributed by atoms with E-state index in [1.165, 1.54) is 12.8 Å². The maximum Gasteiger partial charge on any atom is 0.129 e. The van der Waals surface area contributed by atoms with Gasteiger partial charge >= 0.3 is 0 Å². The Balaban J connectivity index is 2.08. The zero-order valence-electron chi connectivity index (χ0n) is 5.81. The van der Waals surface area contributed by atoms with Gasteiger partial charge in [0.2, 0.25) is 0 Å². The second-order valence-electron chi connectivity index (χ2n) is 2.26. The van der Waals surface area contributed by atoms with Crippen LogP contribution in [-0.4, -0.2) is 19.8 Å². The van der Waals surface area contributed by atoms with Crippen LogP contribution in [0, 0.1) is 0 Å². The molecule has 0 saturated carbocycles. The van der Waals surface area contributed by atoms with E-state index in [-0.39, 0.29) is 6.23 Å². The van der Waals surface area contributed by atoms with Gasteiger partial charge in [0.15, 0.2) is 0 Å². The number of hydrogen-bond acceptors (Lipinski definition) is 3. The van der Waals surface area contributed by atoms with Crippen molar-refractivity contribution in [2.75, 3.05) is 13.6 Å². The van der Waals surface area contributed by atoms with Gasteiger partial charge in [0, 0.05) is 7.05 Å². The van der Waals surface area contributed by atoms with Gasteiger partial charge < -0.3 is 0 Å². The zero-order valence-corrected chi connectivity index (χ0v) is 5.81. The summed E-state index contributed by atoms with van der Waals surface area (Å²) in [4.78, 5) is 5.12. The highest BCUT2D eigenvalue weighted by atomic mass is 16.7. The van der Waals surface area contributed by atoms with E-state index in [2.05, 4.69) is 10.8 Å². The van der Waals surface area contributed by atoms with Crippen molar-refractivity contribution >= 4 is 0 Å². The Morgan fingerprint density at radius 2 is 2.44 bits per heavy atom. The van der Waals surface area contributed by atoms with Gasteiger partial charge in [0.25, 0.3) is 0 Å². The molecule has 1 aliphatic heterocycles. The number of hydroxylamine groups is 1. The van der Waals surface area contributed by atoms with Crippen molar-refractivity contribution in [2.45, 2.75) is 25.5 Å². The maximum atomic E-state index is 5.12. The molecular weight excluding hydrogens is 116 g/mol. The van der Waals surface area contributed by atoms with Crippen LogP contribution < -0.4 is 10.8 Å². The first-order valence-corrected chi connectivity index (χ1v) is 3.49. The van der Waals surface area contributed by atoms with Crippen molar-refractivity contribution in [3.8, 4) is 0 Å². The fourth-order valence-electron chi connectivity index (χ4n) is 1.06. The number of rotatable bonds is 2. The van der Waals surface area contributed by atoms with E-state index in [0.717, 1.165) is 13.0 Å². The molecule has 0 spiro atoms. The highest BCUT2D eigenvalue weighted by molar-refractivity contribution is 4.62. The molecule has 0 amide bonds. The van der Waals surface area contributed by atoms with Crippen LogP contribution in [0.25, 0.3) is 0 Å². The second-order valence-corrected chi connectivity index (χ2v) is 2.26. The second kappa shape index (κ2) is 3.82. The summed E-state index contributed by atoms with van der Waals surface area (Å²) in [5.41, 5.74) is 2.67. The van der Waals surface area contributed by atoms with Gasteiger partial charge in [-0.15, -0.1) is 0 Å². The summed E-state index contributed by atoms with van der Waals surface area (Å²) >= 11 is 0. The quantitative estimate of drug-likeness (QED) is 0.525. The smallest absolute Gasteiger partial charge is 0.129 e. The van der Waals surface area contributed by atoms with E-state index in [1.807, 2.05) is 0 Å². The Bertz CT molecular complexity index is 68.7. The Morgan fingerprint density at radius 1 is 1.56 bits per heavy atom. The van der Waals surface area contributed by atoms with Crippen LogP contribution in [0.3, 0.4) is 0 Å². The summed E-state index contributed by atoms with van der Waals surface area (Å²) in [5, 5.41) is 3.24. The molecule has 1 atom stereocenters. The largest absolute Gasteiger partial charge is 0.290 e. The molecule has 0 aromatic heterocycles. The number of nitrogens with one attached hydrogen (secondary N) is 2. The third kappa shape index (κ3) is 2.30. The molecule has 1 saturated heterocycles. The Kier molecular flexibility index (Phi) is 2.97. The highest BCUT2D eigenvalue weighted by Crippen LogP contribution is 2.05. The molecule has 0 radical (unpaired) electrons. The van der Waals surface area contributed by atoms with E-state index in [1.54, 1.807) is 7.05 Å². The SMILES string of the molecule is CNOC1CCCCN1. The first-order chi connectivity index (χ1) is 4.43. The van der Waals surface area contributed by atoms with E-state index in [4.69, 9.17) is 4.84 Å². The van der Waals surface area contributed by atoms with Crippen molar-refractivity contribution < 1.29 is 4.84 Å². The number of piperidine rings is 1. The Morgan fingerprint density at radius 3 is 3.00 bits per heavy atom. The first-order valence-electron chi connectivity index (χ1n) is 3.49. The summed E-state index contributed by atoms with van der Waals surface area (Å²) in [6.45, 7) is 1.09. The number of hydrogen-bond donors (Lipinski definition) is 2. The summed E-state index contributed by atoms with van der Waals surface area (Å²) in [6.07, 6.45) is 3.92. The minimum absolute atomic E-state index is 0.240. The van der Waals surface area contributed by atoms with E-state index < -0.39 is 0 Å². The van der Waals surface area contributed by atoms with Crippen LogP contribution in [0.1, 0.15) is 19.3 Å². The molecule has 0 aliphatic carbocycles. The summed E-state index contributed by atoms with van der Waals surface area (Å²) in [7, 11) is 1.79. The van der Waals surface area contributed by atoms with Crippen LogP contribution in [0.5, 0.6) is 0 Å². The summed E-state index contributed by atoms with van der Waals surface area (Å²) in [5.74, 6) is 0. The molecule has 0 aromatic rings. The van der Waals surface area contributed by atoms with Crippen LogP contribution in [0.15, 0.2) is 0 Å². The Hall–Kier alpha value is -0.120. The molecular formula is C6H14N2O. The lowest BCUT2D eigenvalue weighted by molar-refractivity contribution is -0.0436. The van der Waals surface area contributed by atoms with Crippen molar-refractivity contribution in [1.82, 2.24) is 10.8 Å². The zero-order chi connectivity index (χ0) is 6.53. The van der Waals surface area contributed by atoms with Gasteiger partial charge in [-0.05, 0) is 25.8 Å². The van der Waals surface area contributed by atoms with Gasteiger partial charge in [0.05, 0.1) is 0 Å². The third-order valence-electron chi connectivity index (χ3n) is 1.53. The van der Waals surface area contributed by atoms with E-state index in [0.29, 0.717) is 0 Å². The average Bonchev–Trinajstić information content (AvgIpc) is 1.91. The molecule has 1 fully saturated rings. The summed E-state index contributed by atoms with van der Waals surface area (Å²) < 4.78 is 0. The van der Waals surface area contributed by atoms with Gasteiger partial charge in [0.1, 0.15) is 6.23 Å². The molecule has 0 aromatic carbocycles. The standard InChI is InChI=1S/C6H14N2O/c1-7-9-6-4-2-3-5-8-6/h6-8H,2-5H2,1H3. The molecule has 9 heavy (non-hydrogen) atoms. The van der Waals surface area contributed by atoms with E-state index >= 15 is 0 Å². The summed E-state index contributed by atoms with van der Waals surface area (Å²) in [6, 6.07) is 0. The van der Waals surface area contributed by atoms with Gasteiger partial charge in [-0.2, -0.15) is 0 Å². The first kappa shape index (κ1) is 6.99. The highest BCUT2D eigenvalue weighted by Gasteiger charge is 2.10. The van der Waals surface area contributed by atoms with Crippen molar-refractivity contribution in [3.05, 3.63) is 0 Å². The van der Waals surface area contributed by atoms with Crippen molar-refractivity contribution in [3.63, 3.8) is 0 Å². The van der Waals surface area contributed by atoms with Gasteiger partial charge in [-0.3, -0.25) is 10.2 Å². The van der Waals surface area contributed by atoms with Crippen LogP contribution in [-0.2, 0) is 4.84 Å². The van der Waals surface area contributed by atoms with Crippen LogP contribution >= 0.6 is 0 Å². The lowest BCUT2D eigenvalue weighted by atomic mass is 10.1.